The van der Waals surface area contributed by atoms with Crippen LogP contribution in [0.25, 0.3) is 17.1 Å². The smallest absolute Gasteiger partial charge is 0.196 e. The van der Waals surface area contributed by atoms with Crippen molar-refractivity contribution >= 4 is 17.5 Å². The van der Waals surface area contributed by atoms with E-state index in [-0.39, 0.29) is 17.3 Å². The molecular weight excluding hydrogens is 382 g/mol. The molecule has 0 aliphatic heterocycles. The van der Waals surface area contributed by atoms with Crippen LogP contribution >= 0.6 is 11.8 Å². The summed E-state index contributed by atoms with van der Waals surface area (Å²) in [6.45, 7) is 2.02. The summed E-state index contributed by atoms with van der Waals surface area (Å²) in [6, 6.07) is 24.2. The molecule has 0 radical (unpaired) electrons. The number of hydrogen-bond donors (Lipinski definition) is 1. The molecule has 0 amide bonds. The number of carbonyl (C=O) groups excluding carboxylic acids is 1. The number of carbonyl (C=O) groups is 1. The van der Waals surface area contributed by atoms with Crippen molar-refractivity contribution in [2.45, 2.75) is 12.1 Å². The minimum Gasteiger partial charge on any atom is -0.507 e. The highest BCUT2D eigenvalue weighted by Crippen LogP contribution is 2.32. The van der Waals surface area contributed by atoms with Crippen molar-refractivity contribution in [1.82, 2.24) is 14.8 Å². The van der Waals surface area contributed by atoms with E-state index in [9.17, 15) is 9.90 Å². The van der Waals surface area contributed by atoms with Crippen LogP contribution in [0.3, 0.4) is 0 Å². The second kappa shape index (κ2) is 8.32. The monoisotopic (exact) mass is 401 g/mol. The van der Waals surface area contributed by atoms with Gasteiger partial charge in [0.05, 0.1) is 11.3 Å². The van der Waals surface area contributed by atoms with Gasteiger partial charge in [0.2, 0.25) is 0 Å². The number of para-hydroxylation sites is 1. The van der Waals surface area contributed by atoms with Gasteiger partial charge in [-0.3, -0.25) is 9.36 Å². The van der Waals surface area contributed by atoms with Crippen LogP contribution in [0.2, 0.25) is 0 Å². The lowest BCUT2D eigenvalue weighted by atomic mass is 10.1. The number of aryl methyl sites for hydroxylation is 1. The number of benzene rings is 3. The molecule has 144 valence electrons. The molecule has 0 aliphatic carbocycles. The number of thioether (sulfide) groups is 1. The molecule has 0 atom stereocenters. The molecule has 0 spiro atoms. The highest BCUT2D eigenvalue weighted by atomic mass is 32.2. The Kier molecular flexibility index (Phi) is 5.44. The number of phenolic OH excluding ortho intramolecular Hbond substituents is 1. The summed E-state index contributed by atoms with van der Waals surface area (Å²) in [4.78, 5) is 12.5. The summed E-state index contributed by atoms with van der Waals surface area (Å²) >= 11 is 1.33. The Morgan fingerprint density at radius 2 is 1.62 bits per heavy atom. The Labute approximate surface area is 173 Å². The summed E-state index contributed by atoms with van der Waals surface area (Å²) in [5.74, 6) is 0.930. The number of Topliss-reactive ketones (excluding diaryl/α,β-unsaturated/α-hetero) is 1. The third kappa shape index (κ3) is 4.07. The van der Waals surface area contributed by atoms with Gasteiger partial charge in [-0.05, 0) is 31.2 Å². The number of nitrogens with zero attached hydrogens (tertiary/aromatic N) is 3. The molecule has 0 saturated heterocycles. The first kappa shape index (κ1) is 19.0. The van der Waals surface area contributed by atoms with Gasteiger partial charge >= 0.3 is 0 Å². The van der Waals surface area contributed by atoms with Crippen LogP contribution in [0.15, 0.2) is 84.0 Å². The highest BCUT2D eigenvalue weighted by molar-refractivity contribution is 7.99. The van der Waals surface area contributed by atoms with Crippen LogP contribution in [0.5, 0.6) is 5.75 Å². The molecule has 0 bridgehead atoms. The largest absolute Gasteiger partial charge is 0.507 e. The standard InChI is InChI=1S/C23H19N3O2S/c1-16-11-13-18(14-12-16)26-22(19-9-5-6-10-20(19)27)24-25-23(26)29-15-21(28)17-7-3-2-4-8-17/h2-14,27H,15H2,1H3. The van der Waals surface area contributed by atoms with Crippen LogP contribution in [0.1, 0.15) is 15.9 Å². The average Bonchev–Trinajstić information content (AvgIpc) is 3.17. The van der Waals surface area contributed by atoms with E-state index >= 15 is 0 Å². The molecule has 0 unspecified atom stereocenters. The predicted octanol–water partition coefficient (Wildman–Crippen LogP) is 4.92. The zero-order chi connectivity index (χ0) is 20.2. The fourth-order valence-corrected chi connectivity index (χ4v) is 3.81. The molecule has 1 aromatic heterocycles. The maximum Gasteiger partial charge on any atom is 0.196 e. The molecule has 0 fully saturated rings. The van der Waals surface area contributed by atoms with E-state index < -0.39 is 0 Å². The van der Waals surface area contributed by atoms with Crippen molar-refractivity contribution < 1.29 is 9.90 Å². The summed E-state index contributed by atoms with van der Waals surface area (Å²) in [7, 11) is 0. The van der Waals surface area contributed by atoms with Crippen LogP contribution in [0.4, 0.5) is 0 Å². The van der Waals surface area contributed by atoms with Crippen molar-refractivity contribution in [1.29, 1.82) is 0 Å². The zero-order valence-electron chi connectivity index (χ0n) is 15.8. The van der Waals surface area contributed by atoms with E-state index in [4.69, 9.17) is 0 Å². The van der Waals surface area contributed by atoms with Crippen molar-refractivity contribution in [3.8, 4) is 22.8 Å². The molecule has 0 saturated carbocycles. The number of hydrogen-bond acceptors (Lipinski definition) is 5. The number of aromatic hydroxyl groups is 1. The van der Waals surface area contributed by atoms with Gasteiger partial charge in [0.25, 0.3) is 0 Å². The minimum atomic E-state index is 0.0261. The Hall–Kier alpha value is -3.38. The quantitative estimate of drug-likeness (QED) is 0.367. The first-order valence-corrected chi connectivity index (χ1v) is 10.1. The normalized spacial score (nSPS) is 10.8. The maximum atomic E-state index is 12.5. The first-order chi connectivity index (χ1) is 14.1. The van der Waals surface area contributed by atoms with E-state index in [1.165, 1.54) is 11.8 Å². The Morgan fingerprint density at radius 1 is 0.931 bits per heavy atom. The summed E-state index contributed by atoms with van der Waals surface area (Å²) in [6.07, 6.45) is 0. The zero-order valence-corrected chi connectivity index (χ0v) is 16.6. The SMILES string of the molecule is Cc1ccc(-n2c(SCC(=O)c3ccccc3)nnc2-c2ccccc2O)cc1. The fourth-order valence-electron chi connectivity index (χ4n) is 2.96. The average molecular weight is 401 g/mol. The van der Waals surface area contributed by atoms with Gasteiger partial charge in [-0.2, -0.15) is 0 Å². The van der Waals surface area contributed by atoms with E-state index in [0.717, 1.165) is 11.3 Å². The number of rotatable bonds is 6. The van der Waals surface area contributed by atoms with Gasteiger partial charge in [-0.25, -0.2) is 0 Å². The maximum absolute atomic E-state index is 12.5. The van der Waals surface area contributed by atoms with Crippen LogP contribution in [-0.2, 0) is 0 Å². The van der Waals surface area contributed by atoms with E-state index in [0.29, 0.717) is 22.1 Å². The van der Waals surface area contributed by atoms with Gasteiger partial charge in [-0.1, -0.05) is 71.9 Å². The molecular formula is C23H19N3O2S. The van der Waals surface area contributed by atoms with Gasteiger partial charge in [0.15, 0.2) is 16.8 Å². The second-order valence-electron chi connectivity index (χ2n) is 6.57. The molecule has 1 N–H and O–H groups in total. The Morgan fingerprint density at radius 3 is 2.34 bits per heavy atom. The van der Waals surface area contributed by atoms with Crippen LogP contribution in [-0.4, -0.2) is 31.4 Å². The highest BCUT2D eigenvalue weighted by Gasteiger charge is 2.19. The topological polar surface area (TPSA) is 68.0 Å². The molecule has 1 heterocycles. The molecule has 6 heteroatoms. The Bertz CT molecular complexity index is 1140. The van der Waals surface area contributed by atoms with Gasteiger partial charge in [0, 0.05) is 11.3 Å². The fraction of sp³-hybridized carbons (Fsp3) is 0.0870. The number of aromatic nitrogens is 3. The lowest BCUT2D eigenvalue weighted by Gasteiger charge is -2.11. The lowest BCUT2D eigenvalue weighted by Crippen LogP contribution is -2.05. The van der Waals surface area contributed by atoms with Crippen LogP contribution in [0, 0.1) is 6.92 Å². The van der Waals surface area contributed by atoms with Crippen molar-refractivity contribution in [3.05, 3.63) is 90.0 Å². The van der Waals surface area contributed by atoms with Crippen molar-refractivity contribution in [3.63, 3.8) is 0 Å². The van der Waals surface area contributed by atoms with Gasteiger partial charge in [0.1, 0.15) is 5.75 Å². The van der Waals surface area contributed by atoms with Gasteiger partial charge in [-0.15, -0.1) is 10.2 Å². The van der Waals surface area contributed by atoms with E-state index in [2.05, 4.69) is 10.2 Å². The minimum absolute atomic E-state index is 0.0261. The number of ketones is 1. The third-order valence-corrected chi connectivity index (χ3v) is 5.43. The first-order valence-electron chi connectivity index (χ1n) is 9.15. The lowest BCUT2D eigenvalue weighted by molar-refractivity contribution is 0.102. The van der Waals surface area contributed by atoms with Gasteiger partial charge < -0.3 is 5.11 Å². The molecule has 4 rings (SSSR count). The van der Waals surface area contributed by atoms with Crippen molar-refractivity contribution in [2.75, 3.05) is 5.75 Å². The second-order valence-corrected chi connectivity index (χ2v) is 7.51. The molecule has 5 nitrogen and oxygen atoms in total. The van der Waals surface area contributed by atoms with Crippen molar-refractivity contribution in [2.24, 2.45) is 0 Å². The predicted molar refractivity (Wildman–Crippen MR) is 115 cm³/mol. The molecule has 4 aromatic rings. The van der Waals surface area contributed by atoms with E-state index in [1.807, 2.05) is 60.0 Å². The summed E-state index contributed by atoms with van der Waals surface area (Å²) in [5, 5.41) is 19.5. The molecule has 3 aromatic carbocycles. The Balaban J connectivity index is 1.71. The summed E-state index contributed by atoms with van der Waals surface area (Å²) < 4.78 is 1.87. The summed E-state index contributed by atoms with van der Waals surface area (Å²) in [5.41, 5.74) is 3.26. The third-order valence-electron chi connectivity index (χ3n) is 4.50. The van der Waals surface area contributed by atoms with E-state index in [1.54, 1.807) is 30.3 Å². The number of phenols is 1. The molecule has 29 heavy (non-hydrogen) atoms. The van der Waals surface area contributed by atoms with Crippen LogP contribution < -0.4 is 0 Å². The molecule has 0 aliphatic rings.